The molecule has 172 valence electrons. The Labute approximate surface area is 198 Å². The molecule has 7 heteroatoms. The van der Waals surface area contributed by atoms with Crippen LogP contribution >= 0.6 is 0 Å². The SMILES string of the molecule is CCOc1ccc(C(C)(C)C(=O)NN2C(=O)C(=Cc3ccccn3)N=C2c2ccccc2)cc1. The van der Waals surface area contributed by atoms with Crippen molar-refractivity contribution in [2.75, 3.05) is 6.61 Å². The highest BCUT2D eigenvalue weighted by atomic mass is 16.5. The van der Waals surface area contributed by atoms with Crippen LogP contribution in [-0.4, -0.2) is 34.2 Å². The lowest BCUT2D eigenvalue weighted by Gasteiger charge is -2.28. The Balaban J connectivity index is 1.63. The van der Waals surface area contributed by atoms with Crippen molar-refractivity contribution in [1.29, 1.82) is 0 Å². The van der Waals surface area contributed by atoms with Gasteiger partial charge in [-0.3, -0.25) is 20.0 Å². The first-order chi connectivity index (χ1) is 16.4. The molecule has 1 aliphatic rings. The van der Waals surface area contributed by atoms with Crippen LogP contribution in [0.5, 0.6) is 5.75 Å². The quantitative estimate of drug-likeness (QED) is 0.545. The van der Waals surface area contributed by atoms with Crippen molar-refractivity contribution in [1.82, 2.24) is 15.4 Å². The van der Waals surface area contributed by atoms with E-state index >= 15 is 0 Å². The molecule has 0 saturated carbocycles. The van der Waals surface area contributed by atoms with Crippen LogP contribution in [0, 0.1) is 0 Å². The van der Waals surface area contributed by atoms with Gasteiger partial charge in [0.05, 0.1) is 17.7 Å². The Morgan fingerprint density at radius 1 is 1.03 bits per heavy atom. The molecule has 2 amide bonds. The average molecular weight is 455 g/mol. The molecule has 34 heavy (non-hydrogen) atoms. The molecular formula is C27H26N4O3. The number of carbonyl (C=O) groups excluding carboxylic acids is 2. The number of nitrogens with one attached hydrogen (secondary N) is 1. The summed E-state index contributed by atoms with van der Waals surface area (Å²) < 4.78 is 5.50. The van der Waals surface area contributed by atoms with Crippen molar-refractivity contribution in [2.45, 2.75) is 26.2 Å². The van der Waals surface area contributed by atoms with Crippen molar-refractivity contribution in [3.8, 4) is 5.75 Å². The molecule has 4 rings (SSSR count). The number of aliphatic imine (C=N–C) groups is 1. The monoisotopic (exact) mass is 454 g/mol. The zero-order valence-corrected chi connectivity index (χ0v) is 19.4. The first kappa shape index (κ1) is 22.9. The molecule has 1 N–H and O–H groups in total. The summed E-state index contributed by atoms with van der Waals surface area (Å²) in [4.78, 5) is 35.5. The molecule has 0 spiro atoms. The number of hydrogen-bond donors (Lipinski definition) is 1. The number of nitrogens with zero attached hydrogens (tertiary/aromatic N) is 3. The third-order valence-corrected chi connectivity index (χ3v) is 5.53. The summed E-state index contributed by atoms with van der Waals surface area (Å²) in [5.41, 5.74) is 4.17. The van der Waals surface area contributed by atoms with Gasteiger partial charge in [-0.05, 0) is 56.7 Å². The summed E-state index contributed by atoms with van der Waals surface area (Å²) in [5.74, 6) is 0.316. The zero-order chi connectivity index (χ0) is 24.1. The fourth-order valence-corrected chi connectivity index (χ4v) is 3.51. The normalized spacial score (nSPS) is 14.8. The lowest BCUT2D eigenvalue weighted by atomic mass is 9.84. The highest BCUT2D eigenvalue weighted by Crippen LogP contribution is 2.27. The van der Waals surface area contributed by atoms with Gasteiger partial charge in [-0.2, -0.15) is 5.01 Å². The lowest BCUT2D eigenvalue weighted by Crippen LogP contribution is -2.52. The molecule has 7 nitrogen and oxygen atoms in total. The number of amides is 2. The molecule has 1 aromatic heterocycles. The Morgan fingerprint density at radius 3 is 2.38 bits per heavy atom. The van der Waals surface area contributed by atoms with Crippen molar-refractivity contribution in [2.24, 2.45) is 4.99 Å². The van der Waals surface area contributed by atoms with E-state index in [1.165, 1.54) is 5.01 Å². The second kappa shape index (κ2) is 9.70. The summed E-state index contributed by atoms with van der Waals surface area (Å²) >= 11 is 0. The van der Waals surface area contributed by atoms with Gasteiger partial charge in [-0.25, -0.2) is 4.99 Å². The largest absolute Gasteiger partial charge is 0.494 e. The number of amidine groups is 1. The molecule has 0 radical (unpaired) electrons. The van der Waals surface area contributed by atoms with Gasteiger partial charge in [0.1, 0.15) is 11.4 Å². The third-order valence-electron chi connectivity index (χ3n) is 5.53. The highest BCUT2D eigenvalue weighted by molar-refractivity contribution is 6.20. The molecule has 0 fully saturated rings. The van der Waals surface area contributed by atoms with E-state index in [1.54, 1.807) is 24.4 Å². The van der Waals surface area contributed by atoms with Gasteiger partial charge < -0.3 is 4.74 Å². The molecule has 2 aromatic carbocycles. The average Bonchev–Trinajstić information content (AvgIpc) is 3.15. The summed E-state index contributed by atoms with van der Waals surface area (Å²) in [6, 6.07) is 22.1. The molecule has 0 unspecified atom stereocenters. The maximum atomic E-state index is 13.4. The van der Waals surface area contributed by atoms with E-state index in [-0.39, 0.29) is 11.6 Å². The minimum absolute atomic E-state index is 0.191. The standard InChI is InChI=1S/C27H26N4O3/c1-4-34-22-15-13-20(14-16-22)27(2,3)26(33)30-31-24(19-10-6-5-7-11-19)29-23(25(31)32)18-21-12-8-9-17-28-21/h5-18H,4H2,1-3H3,(H,30,33). The Morgan fingerprint density at radius 2 is 1.74 bits per heavy atom. The number of hydrazine groups is 1. The predicted molar refractivity (Wildman–Crippen MR) is 131 cm³/mol. The molecule has 0 atom stereocenters. The zero-order valence-electron chi connectivity index (χ0n) is 19.4. The summed E-state index contributed by atoms with van der Waals surface area (Å²) in [7, 11) is 0. The van der Waals surface area contributed by atoms with E-state index in [0.717, 1.165) is 11.3 Å². The third kappa shape index (κ3) is 4.73. The van der Waals surface area contributed by atoms with Crippen LogP contribution in [0.3, 0.4) is 0 Å². The van der Waals surface area contributed by atoms with E-state index in [0.29, 0.717) is 23.7 Å². The number of hydrogen-bond acceptors (Lipinski definition) is 5. The number of pyridine rings is 1. The number of benzene rings is 2. The minimum atomic E-state index is -0.916. The van der Waals surface area contributed by atoms with E-state index < -0.39 is 11.3 Å². The highest BCUT2D eigenvalue weighted by Gasteiger charge is 2.37. The number of ether oxygens (including phenoxy) is 1. The van der Waals surface area contributed by atoms with Crippen LogP contribution in [-0.2, 0) is 15.0 Å². The maximum absolute atomic E-state index is 13.4. The van der Waals surface area contributed by atoms with Crippen molar-refractivity contribution < 1.29 is 14.3 Å². The van der Waals surface area contributed by atoms with Gasteiger partial charge in [-0.15, -0.1) is 0 Å². The van der Waals surface area contributed by atoms with Crippen molar-refractivity contribution in [3.63, 3.8) is 0 Å². The van der Waals surface area contributed by atoms with E-state index in [1.807, 2.05) is 81.4 Å². The van der Waals surface area contributed by atoms with Gasteiger partial charge >= 0.3 is 0 Å². The fourth-order valence-electron chi connectivity index (χ4n) is 3.51. The number of aromatic nitrogens is 1. The second-order valence-corrected chi connectivity index (χ2v) is 8.25. The summed E-state index contributed by atoms with van der Waals surface area (Å²) in [6.45, 7) is 6.10. The van der Waals surface area contributed by atoms with E-state index in [2.05, 4.69) is 15.4 Å². The van der Waals surface area contributed by atoms with Crippen molar-refractivity contribution >= 4 is 23.7 Å². The molecule has 0 saturated heterocycles. The molecule has 0 bridgehead atoms. The van der Waals surface area contributed by atoms with E-state index in [4.69, 9.17) is 4.74 Å². The molecular weight excluding hydrogens is 428 g/mol. The van der Waals surface area contributed by atoms with Crippen LogP contribution in [0.1, 0.15) is 37.6 Å². The first-order valence-electron chi connectivity index (χ1n) is 11.1. The molecule has 0 aliphatic carbocycles. The minimum Gasteiger partial charge on any atom is -0.494 e. The Bertz CT molecular complexity index is 1230. The first-order valence-corrected chi connectivity index (χ1v) is 11.1. The van der Waals surface area contributed by atoms with Crippen LogP contribution in [0.15, 0.2) is 89.7 Å². The second-order valence-electron chi connectivity index (χ2n) is 8.25. The topological polar surface area (TPSA) is 83.9 Å². The molecule has 1 aliphatic heterocycles. The summed E-state index contributed by atoms with van der Waals surface area (Å²) in [5, 5.41) is 1.21. The fraction of sp³-hybridized carbons (Fsp3) is 0.185. The van der Waals surface area contributed by atoms with Gasteiger partial charge in [0, 0.05) is 11.8 Å². The van der Waals surface area contributed by atoms with Crippen LogP contribution in [0.2, 0.25) is 0 Å². The predicted octanol–water partition coefficient (Wildman–Crippen LogP) is 4.12. The van der Waals surface area contributed by atoms with Gasteiger partial charge in [0.15, 0.2) is 5.84 Å². The van der Waals surface area contributed by atoms with Gasteiger partial charge in [-0.1, -0.05) is 48.5 Å². The lowest BCUT2D eigenvalue weighted by molar-refractivity contribution is -0.136. The molecule has 2 heterocycles. The smallest absolute Gasteiger partial charge is 0.297 e. The Hall–Kier alpha value is -4.26. The van der Waals surface area contributed by atoms with Crippen LogP contribution < -0.4 is 10.2 Å². The maximum Gasteiger partial charge on any atom is 0.297 e. The summed E-state index contributed by atoms with van der Waals surface area (Å²) in [6.07, 6.45) is 3.25. The van der Waals surface area contributed by atoms with Crippen LogP contribution in [0.4, 0.5) is 0 Å². The Kier molecular flexibility index (Phi) is 6.54. The van der Waals surface area contributed by atoms with Crippen molar-refractivity contribution in [3.05, 3.63) is 102 Å². The van der Waals surface area contributed by atoms with Crippen LogP contribution in [0.25, 0.3) is 6.08 Å². The van der Waals surface area contributed by atoms with E-state index in [9.17, 15) is 9.59 Å². The number of carbonyl (C=O) groups is 2. The number of rotatable bonds is 7. The van der Waals surface area contributed by atoms with Gasteiger partial charge in [0.2, 0.25) is 5.91 Å². The van der Waals surface area contributed by atoms with Gasteiger partial charge in [0.25, 0.3) is 5.91 Å². The molecule has 3 aromatic rings.